The van der Waals surface area contributed by atoms with Crippen LogP contribution in [0.4, 0.5) is 13.2 Å². The van der Waals surface area contributed by atoms with Crippen molar-refractivity contribution < 1.29 is 18.0 Å². The average Bonchev–Trinajstić information content (AvgIpc) is 2.16. The van der Waals surface area contributed by atoms with Crippen molar-refractivity contribution in [3.8, 4) is 0 Å². The number of benzene rings is 1. The lowest BCUT2D eigenvalue weighted by Gasteiger charge is -2.19. The maximum absolute atomic E-state index is 12.6. The highest BCUT2D eigenvalue weighted by atomic mass is 19.4. The molecule has 0 saturated carbocycles. The van der Waals surface area contributed by atoms with Crippen LogP contribution < -0.4 is 0 Å². The summed E-state index contributed by atoms with van der Waals surface area (Å²) < 4.78 is 37.8. The molecular weight excluding hydrogens is 205 g/mol. The quantitative estimate of drug-likeness (QED) is 0.648. The second-order valence-corrected chi connectivity index (χ2v) is 3.61. The summed E-state index contributed by atoms with van der Waals surface area (Å²) in [5, 5.41) is 0. The fraction of sp³-hybridized carbons (Fsp3) is 0.364. The first-order chi connectivity index (χ1) is 7.00. The molecule has 0 N–H and O–H groups in total. The number of fused-ring (bicyclic) bond motifs is 1. The molecule has 0 amide bonds. The van der Waals surface area contributed by atoms with Crippen LogP contribution in [0.1, 0.15) is 34.3 Å². The molecular formula is C11H9F3O. The van der Waals surface area contributed by atoms with Crippen LogP contribution in [0.2, 0.25) is 0 Å². The summed E-state index contributed by atoms with van der Waals surface area (Å²) in [6, 6.07) is 3.93. The topological polar surface area (TPSA) is 17.1 Å². The van der Waals surface area contributed by atoms with Crippen molar-refractivity contribution in [3.05, 3.63) is 34.9 Å². The largest absolute Gasteiger partial charge is 0.417 e. The zero-order chi connectivity index (χ0) is 11.1. The van der Waals surface area contributed by atoms with Gasteiger partial charge in [-0.05, 0) is 24.5 Å². The number of hydrogen-bond donors (Lipinski definition) is 0. The molecule has 0 spiro atoms. The second kappa shape index (κ2) is 3.36. The van der Waals surface area contributed by atoms with E-state index in [9.17, 15) is 18.0 Å². The van der Waals surface area contributed by atoms with Crippen LogP contribution in [0.3, 0.4) is 0 Å². The summed E-state index contributed by atoms with van der Waals surface area (Å²) in [5.41, 5.74) is -0.373. The van der Waals surface area contributed by atoms with E-state index >= 15 is 0 Å². The summed E-state index contributed by atoms with van der Waals surface area (Å²) >= 11 is 0. The molecule has 1 aliphatic carbocycles. The third-order valence-electron chi connectivity index (χ3n) is 2.58. The Morgan fingerprint density at radius 3 is 2.53 bits per heavy atom. The molecule has 4 heteroatoms. The van der Waals surface area contributed by atoms with Crippen molar-refractivity contribution in [2.24, 2.45) is 0 Å². The Morgan fingerprint density at radius 2 is 1.87 bits per heavy atom. The number of aryl methyl sites for hydroxylation is 1. The number of halogens is 3. The van der Waals surface area contributed by atoms with E-state index in [0.29, 0.717) is 18.4 Å². The smallest absolute Gasteiger partial charge is 0.294 e. The van der Waals surface area contributed by atoms with E-state index in [1.807, 2.05) is 0 Å². The van der Waals surface area contributed by atoms with Gasteiger partial charge in [-0.25, -0.2) is 0 Å². The summed E-state index contributed by atoms with van der Waals surface area (Å²) in [6.45, 7) is 0. The van der Waals surface area contributed by atoms with Gasteiger partial charge >= 0.3 is 6.18 Å². The lowest BCUT2D eigenvalue weighted by molar-refractivity contribution is -0.138. The highest BCUT2D eigenvalue weighted by molar-refractivity contribution is 6.00. The van der Waals surface area contributed by atoms with Gasteiger partial charge in [-0.15, -0.1) is 0 Å². The standard InChI is InChI=1S/C11H9F3O/c12-11(13,14)8-5-1-3-7-4-2-6-9(15)10(7)8/h1,3,5H,2,4,6H2. The average molecular weight is 214 g/mol. The predicted octanol–water partition coefficient (Wildman–Crippen LogP) is 3.22. The van der Waals surface area contributed by atoms with Crippen molar-refractivity contribution in [1.82, 2.24) is 0 Å². The minimum atomic E-state index is -4.43. The molecule has 2 rings (SSSR count). The molecule has 1 aromatic rings. The van der Waals surface area contributed by atoms with Crippen LogP contribution >= 0.6 is 0 Å². The van der Waals surface area contributed by atoms with Crippen molar-refractivity contribution in [2.75, 3.05) is 0 Å². The van der Waals surface area contributed by atoms with Gasteiger partial charge in [0.1, 0.15) is 0 Å². The van der Waals surface area contributed by atoms with E-state index in [4.69, 9.17) is 0 Å². The maximum atomic E-state index is 12.6. The Kier molecular flexibility index (Phi) is 2.29. The summed E-state index contributed by atoms with van der Waals surface area (Å²) in [6.07, 6.45) is -3.00. The molecule has 0 atom stereocenters. The van der Waals surface area contributed by atoms with E-state index in [2.05, 4.69) is 0 Å². The third-order valence-corrected chi connectivity index (χ3v) is 2.58. The van der Waals surface area contributed by atoms with E-state index in [-0.39, 0.29) is 17.8 Å². The number of carbonyl (C=O) groups is 1. The summed E-state index contributed by atoms with van der Waals surface area (Å²) in [5.74, 6) is -0.385. The van der Waals surface area contributed by atoms with Crippen molar-refractivity contribution in [3.63, 3.8) is 0 Å². The second-order valence-electron chi connectivity index (χ2n) is 3.61. The fourth-order valence-corrected chi connectivity index (χ4v) is 1.94. The molecule has 0 aromatic heterocycles. The molecule has 0 heterocycles. The number of Topliss-reactive ketones (excluding diaryl/α,β-unsaturated/α-hetero) is 1. The Hall–Kier alpha value is -1.32. The molecule has 0 aliphatic heterocycles. The Labute approximate surface area is 84.9 Å². The van der Waals surface area contributed by atoms with Gasteiger partial charge in [0.15, 0.2) is 5.78 Å². The van der Waals surface area contributed by atoms with Gasteiger partial charge in [0.2, 0.25) is 0 Å². The van der Waals surface area contributed by atoms with Gasteiger partial charge in [-0.2, -0.15) is 13.2 Å². The first kappa shape index (κ1) is 10.2. The van der Waals surface area contributed by atoms with Gasteiger partial charge in [0, 0.05) is 12.0 Å². The first-order valence-corrected chi connectivity index (χ1v) is 4.72. The van der Waals surface area contributed by atoms with E-state index in [0.717, 1.165) is 6.07 Å². The normalized spacial score (nSPS) is 16.3. The number of carbonyl (C=O) groups excluding carboxylic acids is 1. The number of ketones is 1. The molecule has 0 unspecified atom stereocenters. The third kappa shape index (κ3) is 1.76. The van der Waals surface area contributed by atoms with Crippen LogP contribution in [0.25, 0.3) is 0 Å². The van der Waals surface area contributed by atoms with Gasteiger partial charge < -0.3 is 0 Å². The highest BCUT2D eigenvalue weighted by Crippen LogP contribution is 2.36. The molecule has 0 bridgehead atoms. The lowest BCUT2D eigenvalue weighted by Crippen LogP contribution is -2.18. The van der Waals surface area contributed by atoms with Gasteiger partial charge in [0.25, 0.3) is 0 Å². The zero-order valence-corrected chi connectivity index (χ0v) is 7.90. The Morgan fingerprint density at radius 1 is 1.13 bits per heavy atom. The fourth-order valence-electron chi connectivity index (χ4n) is 1.94. The number of alkyl halides is 3. The molecule has 80 valence electrons. The van der Waals surface area contributed by atoms with Crippen LogP contribution in [-0.2, 0) is 12.6 Å². The molecule has 0 radical (unpaired) electrons. The van der Waals surface area contributed by atoms with Crippen LogP contribution in [0.5, 0.6) is 0 Å². The predicted molar refractivity (Wildman–Crippen MR) is 48.7 cm³/mol. The Bertz CT molecular complexity index is 407. The molecule has 1 aliphatic rings. The monoisotopic (exact) mass is 214 g/mol. The SMILES string of the molecule is O=C1CCCc2cccc(C(F)(F)F)c21. The first-order valence-electron chi connectivity index (χ1n) is 4.72. The lowest BCUT2D eigenvalue weighted by atomic mass is 9.87. The molecule has 1 aromatic carbocycles. The molecule has 0 saturated heterocycles. The minimum absolute atomic E-state index is 0.115. The Balaban J connectivity index is 2.62. The van der Waals surface area contributed by atoms with Crippen molar-refractivity contribution >= 4 is 5.78 Å². The van der Waals surface area contributed by atoms with E-state index in [1.165, 1.54) is 6.07 Å². The highest BCUT2D eigenvalue weighted by Gasteiger charge is 2.36. The van der Waals surface area contributed by atoms with Gasteiger partial charge in [-0.3, -0.25) is 4.79 Å². The van der Waals surface area contributed by atoms with Crippen molar-refractivity contribution in [2.45, 2.75) is 25.4 Å². The molecule has 0 fully saturated rings. The van der Waals surface area contributed by atoms with Crippen molar-refractivity contribution in [1.29, 1.82) is 0 Å². The number of rotatable bonds is 0. The van der Waals surface area contributed by atoms with Gasteiger partial charge in [-0.1, -0.05) is 12.1 Å². The van der Waals surface area contributed by atoms with Gasteiger partial charge in [0.05, 0.1) is 5.56 Å². The van der Waals surface area contributed by atoms with Crippen LogP contribution in [0, 0.1) is 0 Å². The summed E-state index contributed by atoms with van der Waals surface area (Å²) in [7, 11) is 0. The maximum Gasteiger partial charge on any atom is 0.417 e. The van der Waals surface area contributed by atoms with Crippen LogP contribution in [-0.4, -0.2) is 5.78 Å². The van der Waals surface area contributed by atoms with Crippen LogP contribution in [0.15, 0.2) is 18.2 Å². The molecule has 15 heavy (non-hydrogen) atoms. The number of hydrogen-bond acceptors (Lipinski definition) is 1. The minimum Gasteiger partial charge on any atom is -0.294 e. The molecule has 1 nitrogen and oxygen atoms in total. The van der Waals surface area contributed by atoms with E-state index in [1.54, 1.807) is 6.07 Å². The van der Waals surface area contributed by atoms with E-state index < -0.39 is 11.7 Å². The zero-order valence-electron chi connectivity index (χ0n) is 7.90. The summed E-state index contributed by atoms with van der Waals surface area (Å²) in [4.78, 5) is 11.5.